The van der Waals surface area contributed by atoms with Gasteiger partial charge >= 0.3 is 18.0 Å². The Hall–Kier alpha value is -3.43. The maximum Gasteiger partial charge on any atom is 0.449 e. The summed E-state index contributed by atoms with van der Waals surface area (Å²) in [6, 6.07) is 9.20. The Balaban J connectivity index is 1.70. The van der Waals surface area contributed by atoms with Crippen molar-refractivity contribution in [2.24, 2.45) is 7.05 Å². The second kappa shape index (κ2) is 7.06. The minimum atomic E-state index is -4.59. The van der Waals surface area contributed by atoms with E-state index in [4.69, 9.17) is 0 Å². The van der Waals surface area contributed by atoms with Crippen molar-refractivity contribution in [2.45, 2.75) is 12.7 Å². The first kappa shape index (κ1) is 18.4. The van der Waals surface area contributed by atoms with Gasteiger partial charge in [-0.2, -0.15) is 13.2 Å². The molecule has 140 valence electrons. The number of aryl methyl sites for hydroxylation is 1. The lowest BCUT2D eigenvalue weighted by molar-refractivity contribution is -0.146. The van der Waals surface area contributed by atoms with Gasteiger partial charge in [-0.05, 0) is 30.3 Å². The molecular weight excluding hydrogens is 363 g/mol. The molecule has 0 aliphatic carbocycles. The molecule has 3 rings (SSSR count). The van der Waals surface area contributed by atoms with Crippen molar-refractivity contribution in [1.82, 2.24) is 19.9 Å². The molecule has 10 heteroatoms. The molecule has 1 aromatic carbocycles. The largest absolute Gasteiger partial charge is 0.449 e. The van der Waals surface area contributed by atoms with Crippen LogP contribution in [-0.4, -0.2) is 26.3 Å². The van der Waals surface area contributed by atoms with Gasteiger partial charge in [0.1, 0.15) is 0 Å². The smallest absolute Gasteiger partial charge is 0.342 e. The minimum absolute atomic E-state index is 0.0523. The number of hydrogen-bond acceptors (Lipinski definition) is 4. The Morgan fingerprint density at radius 3 is 2.59 bits per heavy atom. The molecule has 2 amide bonds. The Kier molecular flexibility index (Phi) is 4.80. The van der Waals surface area contributed by atoms with Gasteiger partial charge in [0.15, 0.2) is 0 Å². The fraction of sp³-hybridized carbons (Fsp3) is 0.176. The molecule has 3 aromatic rings. The molecule has 27 heavy (non-hydrogen) atoms. The van der Waals surface area contributed by atoms with Crippen LogP contribution in [0.2, 0.25) is 0 Å². The normalized spacial score (nSPS) is 11.4. The van der Waals surface area contributed by atoms with E-state index in [1.165, 1.54) is 25.2 Å². The number of carbonyl (C=O) groups excluding carboxylic acids is 2. The number of nitrogens with zero attached hydrogens (tertiary/aromatic N) is 3. The van der Waals surface area contributed by atoms with Crippen molar-refractivity contribution >= 4 is 28.5 Å². The van der Waals surface area contributed by atoms with Crippen LogP contribution in [0.1, 0.15) is 11.5 Å². The number of halogens is 3. The highest BCUT2D eigenvalue weighted by atomic mass is 19.4. The van der Waals surface area contributed by atoms with Crippen molar-refractivity contribution in [3.8, 4) is 0 Å². The maximum absolute atomic E-state index is 12.9. The van der Waals surface area contributed by atoms with Gasteiger partial charge in [-0.1, -0.05) is 6.07 Å². The molecule has 0 saturated heterocycles. The zero-order chi connectivity index (χ0) is 19.6. The standard InChI is InChI=1S/C17H14F3N5O2/c1-25-13-6-5-10(8-12(13)24-16(25)17(18,19)20)23-15(27)14(26)22-9-11-4-2-3-7-21-11/h2-8H,9H2,1H3,(H,22,26)(H,23,27). The Labute approximate surface area is 151 Å². The van der Waals surface area contributed by atoms with E-state index in [1.807, 2.05) is 0 Å². The van der Waals surface area contributed by atoms with Gasteiger partial charge in [-0.25, -0.2) is 4.98 Å². The molecule has 2 aromatic heterocycles. The van der Waals surface area contributed by atoms with Crippen LogP contribution in [0.15, 0.2) is 42.6 Å². The number of aromatic nitrogens is 3. The molecule has 2 heterocycles. The topological polar surface area (TPSA) is 88.9 Å². The lowest BCUT2D eigenvalue weighted by Gasteiger charge is -2.07. The van der Waals surface area contributed by atoms with Crippen LogP contribution in [0.3, 0.4) is 0 Å². The molecule has 0 fully saturated rings. The molecule has 2 N–H and O–H groups in total. The highest BCUT2D eigenvalue weighted by Gasteiger charge is 2.36. The summed E-state index contributed by atoms with van der Waals surface area (Å²) in [7, 11) is 1.25. The highest BCUT2D eigenvalue weighted by Crippen LogP contribution is 2.31. The van der Waals surface area contributed by atoms with Crippen LogP contribution in [0, 0.1) is 0 Å². The quantitative estimate of drug-likeness (QED) is 0.685. The minimum Gasteiger partial charge on any atom is -0.342 e. The van der Waals surface area contributed by atoms with Crippen LogP contribution in [0.25, 0.3) is 11.0 Å². The summed E-state index contributed by atoms with van der Waals surface area (Å²) < 4.78 is 39.7. The van der Waals surface area contributed by atoms with Gasteiger partial charge in [0.05, 0.1) is 23.3 Å². The van der Waals surface area contributed by atoms with E-state index in [0.29, 0.717) is 5.69 Å². The monoisotopic (exact) mass is 377 g/mol. The first-order valence-corrected chi connectivity index (χ1v) is 7.78. The molecule has 0 unspecified atom stereocenters. The molecule has 0 radical (unpaired) electrons. The van der Waals surface area contributed by atoms with E-state index in [2.05, 4.69) is 20.6 Å². The van der Waals surface area contributed by atoms with Crippen LogP contribution in [0.5, 0.6) is 0 Å². The van der Waals surface area contributed by atoms with Crippen molar-refractivity contribution in [3.63, 3.8) is 0 Å². The number of nitrogens with one attached hydrogen (secondary N) is 2. The average Bonchev–Trinajstić information content (AvgIpc) is 2.97. The van der Waals surface area contributed by atoms with Crippen molar-refractivity contribution < 1.29 is 22.8 Å². The van der Waals surface area contributed by atoms with Gasteiger partial charge in [-0.3, -0.25) is 14.6 Å². The molecule has 0 spiro atoms. The summed E-state index contributed by atoms with van der Waals surface area (Å²) in [5.41, 5.74) is 1.04. The molecule has 7 nitrogen and oxygen atoms in total. The van der Waals surface area contributed by atoms with Crippen molar-refractivity contribution in [3.05, 3.63) is 54.1 Å². The molecule has 0 aliphatic rings. The van der Waals surface area contributed by atoms with Gasteiger partial charge < -0.3 is 15.2 Å². The summed E-state index contributed by atoms with van der Waals surface area (Å²) in [5, 5.41) is 4.74. The lowest BCUT2D eigenvalue weighted by atomic mass is 10.2. The van der Waals surface area contributed by atoms with Crippen LogP contribution < -0.4 is 10.6 Å². The zero-order valence-corrected chi connectivity index (χ0v) is 14.0. The second-order valence-electron chi connectivity index (χ2n) is 5.65. The number of anilines is 1. The Morgan fingerprint density at radius 1 is 1.15 bits per heavy atom. The van der Waals surface area contributed by atoms with Crippen molar-refractivity contribution in [2.75, 3.05) is 5.32 Å². The van der Waals surface area contributed by atoms with E-state index in [-0.39, 0.29) is 23.3 Å². The highest BCUT2D eigenvalue weighted by molar-refractivity contribution is 6.39. The predicted octanol–water partition coefficient (Wildman–Crippen LogP) is 2.24. The molecule has 0 atom stereocenters. The number of fused-ring (bicyclic) bond motifs is 1. The zero-order valence-electron chi connectivity index (χ0n) is 14.0. The second-order valence-corrected chi connectivity index (χ2v) is 5.65. The number of alkyl halides is 3. The van der Waals surface area contributed by atoms with E-state index < -0.39 is 23.8 Å². The summed E-state index contributed by atoms with van der Waals surface area (Å²) >= 11 is 0. The maximum atomic E-state index is 12.9. The fourth-order valence-electron chi connectivity index (χ4n) is 2.47. The van der Waals surface area contributed by atoms with E-state index in [1.54, 1.807) is 24.4 Å². The fourth-order valence-corrected chi connectivity index (χ4v) is 2.47. The molecular formula is C17H14F3N5O2. The third kappa shape index (κ3) is 4.05. The first-order chi connectivity index (χ1) is 12.8. The van der Waals surface area contributed by atoms with Crippen molar-refractivity contribution in [1.29, 1.82) is 0 Å². The third-order valence-electron chi connectivity index (χ3n) is 3.75. The molecule has 0 bridgehead atoms. The van der Waals surface area contributed by atoms with Gasteiger partial charge in [0.2, 0.25) is 5.82 Å². The van der Waals surface area contributed by atoms with Crippen LogP contribution in [0.4, 0.5) is 18.9 Å². The Morgan fingerprint density at radius 2 is 1.93 bits per heavy atom. The number of amides is 2. The summed E-state index contributed by atoms with van der Waals surface area (Å²) in [6.45, 7) is 0.0707. The molecule has 0 aliphatic heterocycles. The van der Waals surface area contributed by atoms with Gasteiger partial charge in [-0.15, -0.1) is 0 Å². The average molecular weight is 377 g/mol. The Bertz CT molecular complexity index is 999. The summed E-state index contributed by atoms with van der Waals surface area (Å²) in [6.07, 6.45) is -3.04. The third-order valence-corrected chi connectivity index (χ3v) is 3.75. The number of imidazole rings is 1. The van der Waals surface area contributed by atoms with E-state index in [9.17, 15) is 22.8 Å². The summed E-state index contributed by atoms with van der Waals surface area (Å²) in [4.78, 5) is 31.4. The van der Waals surface area contributed by atoms with E-state index >= 15 is 0 Å². The molecule has 0 saturated carbocycles. The predicted molar refractivity (Wildman–Crippen MR) is 90.4 cm³/mol. The van der Waals surface area contributed by atoms with Crippen LogP contribution >= 0.6 is 0 Å². The van der Waals surface area contributed by atoms with E-state index in [0.717, 1.165) is 4.57 Å². The number of hydrogen-bond donors (Lipinski definition) is 2. The lowest BCUT2D eigenvalue weighted by Crippen LogP contribution is -2.35. The van der Waals surface area contributed by atoms with Gasteiger partial charge in [0, 0.05) is 18.9 Å². The van der Waals surface area contributed by atoms with Gasteiger partial charge in [0.25, 0.3) is 0 Å². The number of pyridine rings is 1. The SMILES string of the molecule is Cn1c(C(F)(F)F)nc2cc(NC(=O)C(=O)NCc3ccccn3)ccc21. The number of carbonyl (C=O) groups is 2. The number of benzene rings is 1. The number of rotatable bonds is 3. The van der Waals surface area contributed by atoms with Crippen LogP contribution in [-0.2, 0) is 29.4 Å². The first-order valence-electron chi connectivity index (χ1n) is 7.78. The summed E-state index contributed by atoms with van der Waals surface area (Å²) in [5.74, 6) is -2.89.